The van der Waals surface area contributed by atoms with Gasteiger partial charge in [0.15, 0.2) is 0 Å². The van der Waals surface area contributed by atoms with Gasteiger partial charge in [0.2, 0.25) is 5.88 Å². The SMILES string of the molecule is COc1cccc(N2CC3(CN(C(=O)NCCOc4ccccc4)C3)C2)n1. The lowest BCUT2D eigenvalue weighted by molar-refractivity contribution is 0.00718. The molecule has 0 aliphatic carbocycles. The van der Waals surface area contributed by atoms with Gasteiger partial charge in [0.05, 0.1) is 13.7 Å². The van der Waals surface area contributed by atoms with Crippen LogP contribution in [0.3, 0.4) is 0 Å². The van der Waals surface area contributed by atoms with Gasteiger partial charge in [0.1, 0.15) is 18.2 Å². The van der Waals surface area contributed by atoms with Gasteiger partial charge in [-0.05, 0) is 18.2 Å². The first-order valence-corrected chi connectivity index (χ1v) is 9.14. The predicted octanol–water partition coefficient (Wildman–Crippen LogP) is 2.00. The van der Waals surface area contributed by atoms with Crippen LogP contribution in [-0.2, 0) is 0 Å². The van der Waals surface area contributed by atoms with Crippen molar-refractivity contribution < 1.29 is 14.3 Å². The number of hydrogen-bond donors (Lipinski definition) is 1. The number of nitrogens with one attached hydrogen (secondary N) is 1. The Kier molecular flexibility index (Phi) is 4.75. The molecule has 7 nitrogen and oxygen atoms in total. The lowest BCUT2D eigenvalue weighted by Crippen LogP contribution is -2.74. The molecule has 2 fully saturated rings. The van der Waals surface area contributed by atoms with Crippen LogP contribution in [0.15, 0.2) is 48.5 Å². The highest BCUT2D eigenvalue weighted by Crippen LogP contribution is 2.41. The summed E-state index contributed by atoms with van der Waals surface area (Å²) in [6, 6.07) is 15.4. The van der Waals surface area contributed by atoms with E-state index in [9.17, 15) is 4.79 Å². The third-order valence-electron chi connectivity index (χ3n) is 5.02. The number of aromatic nitrogens is 1. The third kappa shape index (κ3) is 3.77. The van der Waals surface area contributed by atoms with E-state index in [4.69, 9.17) is 9.47 Å². The van der Waals surface area contributed by atoms with Crippen LogP contribution in [0.4, 0.5) is 10.6 Å². The first kappa shape index (κ1) is 17.5. The van der Waals surface area contributed by atoms with E-state index in [1.54, 1.807) is 7.11 Å². The van der Waals surface area contributed by atoms with Crippen molar-refractivity contribution in [1.29, 1.82) is 0 Å². The number of pyridine rings is 1. The molecule has 2 saturated heterocycles. The van der Waals surface area contributed by atoms with Gasteiger partial charge >= 0.3 is 6.03 Å². The second-order valence-corrected chi connectivity index (χ2v) is 7.14. The topological polar surface area (TPSA) is 66.9 Å². The largest absolute Gasteiger partial charge is 0.492 e. The van der Waals surface area contributed by atoms with Gasteiger partial charge in [0.25, 0.3) is 0 Å². The molecule has 1 aromatic carbocycles. The Morgan fingerprint density at radius 3 is 2.63 bits per heavy atom. The van der Waals surface area contributed by atoms with E-state index in [0.29, 0.717) is 19.0 Å². The fourth-order valence-corrected chi connectivity index (χ4v) is 3.68. The predicted molar refractivity (Wildman–Crippen MR) is 102 cm³/mol. The summed E-state index contributed by atoms with van der Waals surface area (Å²) in [6.45, 7) is 4.39. The average Bonchev–Trinajstić information content (AvgIpc) is 2.64. The number of urea groups is 1. The van der Waals surface area contributed by atoms with Crippen LogP contribution in [0, 0.1) is 5.41 Å². The molecular weight excluding hydrogens is 344 g/mol. The zero-order valence-electron chi connectivity index (χ0n) is 15.4. The van der Waals surface area contributed by atoms with Gasteiger partial charge in [-0.25, -0.2) is 4.79 Å². The van der Waals surface area contributed by atoms with Crippen LogP contribution in [0.25, 0.3) is 0 Å². The summed E-state index contributed by atoms with van der Waals surface area (Å²) in [5.74, 6) is 2.37. The molecule has 1 spiro atoms. The number of para-hydroxylation sites is 1. The van der Waals surface area contributed by atoms with Crippen molar-refractivity contribution in [3.63, 3.8) is 0 Å². The van der Waals surface area contributed by atoms with E-state index < -0.39 is 0 Å². The second kappa shape index (κ2) is 7.34. The summed E-state index contributed by atoms with van der Waals surface area (Å²) >= 11 is 0. The van der Waals surface area contributed by atoms with Gasteiger partial charge in [-0.15, -0.1) is 0 Å². The van der Waals surface area contributed by atoms with Crippen molar-refractivity contribution in [2.45, 2.75) is 0 Å². The molecule has 7 heteroatoms. The number of benzene rings is 1. The van der Waals surface area contributed by atoms with Crippen molar-refractivity contribution in [1.82, 2.24) is 15.2 Å². The molecule has 142 valence electrons. The standard InChI is InChI=1S/C20H24N4O3/c1-26-18-9-5-8-17(22-18)23-12-20(13-23)14-24(15-20)19(25)21-10-11-27-16-6-3-2-4-7-16/h2-9H,10-15H2,1H3,(H,21,25). The first-order valence-electron chi connectivity index (χ1n) is 9.14. The molecule has 0 radical (unpaired) electrons. The van der Waals surface area contributed by atoms with Gasteiger partial charge in [-0.1, -0.05) is 24.3 Å². The maximum absolute atomic E-state index is 12.2. The van der Waals surface area contributed by atoms with Crippen molar-refractivity contribution in [3.8, 4) is 11.6 Å². The van der Waals surface area contributed by atoms with Gasteiger partial charge < -0.3 is 24.6 Å². The number of hydrogen-bond acceptors (Lipinski definition) is 5. The minimum Gasteiger partial charge on any atom is -0.492 e. The van der Waals surface area contributed by atoms with E-state index in [1.807, 2.05) is 53.4 Å². The molecule has 2 aromatic rings. The summed E-state index contributed by atoms with van der Waals surface area (Å²) in [7, 11) is 1.62. The summed E-state index contributed by atoms with van der Waals surface area (Å²) in [6.07, 6.45) is 0. The molecule has 0 unspecified atom stereocenters. The van der Waals surface area contributed by atoms with Gasteiger partial charge in [-0.2, -0.15) is 4.98 Å². The number of amides is 2. The molecule has 2 aliphatic heterocycles. The Morgan fingerprint density at radius 2 is 1.89 bits per heavy atom. The molecule has 1 aromatic heterocycles. The van der Waals surface area contributed by atoms with E-state index in [1.165, 1.54) is 0 Å². The van der Waals surface area contributed by atoms with Crippen LogP contribution in [0.5, 0.6) is 11.6 Å². The monoisotopic (exact) mass is 368 g/mol. The zero-order valence-corrected chi connectivity index (χ0v) is 15.4. The highest BCUT2D eigenvalue weighted by Gasteiger charge is 2.53. The van der Waals surface area contributed by atoms with E-state index in [0.717, 1.165) is 37.7 Å². The van der Waals surface area contributed by atoms with E-state index >= 15 is 0 Å². The molecule has 4 rings (SSSR count). The molecule has 0 bridgehead atoms. The van der Waals surface area contributed by atoms with Crippen molar-refractivity contribution >= 4 is 11.8 Å². The maximum Gasteiger partial charge on any atom is 0.317 e. The number of methoxy groups -OCH3 is 1. The van der Waals surface area contributed by atoms with Crippen molar-refractivity contribution in [2.75, 3.05) is 51.3 Å². The summed E-state index contributed by atoms with van der Waals surface area (Å²) < 4.78 is 10.8. The zero-order chi connectivity index (χ0) is 18.7. The number of carbonyl (C=O) groups is 1. The normalized spacial score (nSPS) is 17.1. The Hall–Kier alpha value is -2.96. The fourth-order valence-electron chi connectivity index (χ4n) is 3.68. The number of anilines is 1. The number of nitrogens with zero attached hydrogens (tertiary/aromatic N) is 3. The van der Waals surface area contributed by atoms with Crippen LogP contribution in [0.2, 0.25) is 0 Å². The van der Waals surface area contributed by atoms with Crippen molar-refractivity contribution in [3.05, 3.63) is 48.5 Å². The van der Waals surface area contributed by atoms with Crippen LogP contribution >= 0.6 is 0 Å². The van der Waals surface area contributed by atoms with Crippen molar-refractivity contribution in [2.24, 2.45) is 5.41 Å². The molecule has 3 heterocycles. The van der Waals surface area contributed by atoms with Crippen LogP contribution < -0.4 is 19.7 Å². The molecule has 0 atom stereocenters. The highest BCUT2D eigenvalue weighted by molar-refractivity contribution is 5.75. The number of rotatable bonds is 6. The smallest absolute Gasteiger partial charge is 0.317 e. The minimum atomic E-state index is -0.0183. The quantitative estimate of drug-likeness (QED) is 0.790. The molecule has 27 heavy (non-hydrogen) atoms. The summed E-state index contributed by atoms with van der Waals surface area (Å²) in [5, 5.41) is 2.92. The highest BCUT2D eigenvalue weighted by atomic mass is 16.5. The Bertz CT molecular complexity index is 785. The maximum atomic E-state index is 12.2. The second-order valence-electron chi connectivity index (χ2n) is 7.14. The molecular formula is C20H24N4O3. The summed E-state index contributed by atoms with van der Waals surface area (Å²) in [4.78, 5) is 20.8. The summed E-state index contributed by atoms with van der Waals surface area (Å²) in [5.41, 5.74) is 0.211. The number of likely N-dealkylation sites (tertiary alicyclic amines) is 1. The third-order valence-corrected chi connectivity index (χ3v) is 5.02. The molecule has 2 aliphatic rings. The lowest BCUT2D eigenvalue weighted by atomic mass is 9.73. The average molecular weight is 368 g/mol. The number of ether oxygens (including phenoxy) is 2. The van der Waals surface area contributed by atoms with E-state index in [-0.39, 0.29) is 11.4 Å². The Balaban J connectivity index is 1.16. The Labute approximate surface area is 158 Å². The van der Waals surface area contributed by atoms with Crippen LogP contribution in [-0.4, -0.2) is 62.4 Å². The molecule has 1 N–H and O–H groups in total. The fraction of sp³-hybridized carbons (Fsp3) is 0.400. The minimum absolute atomic E-state index is 0.0183. The van der Waals surface area contributed by atoms with E-state index in [2.05, 4.69) is 15.2 Å². The molecule has 2 amide bonds. The van der Waals surface area contributed by atoms with Gasteiger partial charge in [-0.3, -0.25) is 0 Å². The molecule has 0 saturated carbocycles. The first-order chi connectivity index (χ1) is 13.2. The number of carbonyl (C=O) groups excluding carboxylic acids is 1. The van der Waals surface area contributed by atoms with Gasteiger partial charge in [0, 0.05) is 37.7 Å². The lowest BCUT2D eigenvalue weighted by Gasteiger charge is -2.60. The Morgan fingerprint density at radius 1 is 1.11 bits per heavy atom. The van der Waals surface area contributed by atoms with Crippen LogP contribution in [0.1, 0.15) is 0 Å².